The molecule has 0 N–H and O–H groups in total. The first-order valence-corrected chi connectivity index (χ1v) is 5.22. The Morgan fingerprint density at radius 1 is 1.17 bits per heavy atom. The molecule has 2 aromatic rings. The van der Waals surface area contributed by atoms with Gasteiger partial charge in [-0.05, 0) is 24.6 Å². The lowest BCUT2D eigenvalue weighted by atomic mass is 10.1. The van der Waals surface area contributed by atoms with Gasteiger partial charge in [-0.1, -0.05) is 12.1 Å². The molecule has 0 spiro atoms. The molecule has 0 saturated heterocycles. The monoisotopic (exact) mass is 258 g/mol. The maximum atomic E-state index is 12.8. The van der Waals surface area contributed by atoms with Crippen molar-refractivity contribution >= 4 is 0 Å². The van der Waals surface area contributed by atoms with Crippen LogP contribution in [0, 0.1) is 12.7 Å². The Morgan fingerprint density at radius 2 is 1.78 bits per heavy atom. The summed E-state index contributed by atoms with van der Waals surface area (Å²) in [6.07, 6.45) is -2.99. The largest absolute Gasteiger partial charge is 0.408 e. The summed E-state index contributed by atoms with van der Waals surface area (Å²) < 4.78 is 50.3. The topological polar surface area (TPSA) is 17.8 Å². The van der Waals surface area contributed by atoms with Gasteiger partial charge in [-0.15, -0.1) is 0 Å². The van der Waals surface area contributed by atoms with E-state index in [0.29, 0.717) is 16.8 Å². The van der Waals surface area contributed by atoms with E-state index in [9.17, 15) is 17.6 Å². The number of halogens is 4. The predicted octanol–water partition coefficient (Wildman–Crippen LogP) is 3.56. The molecule has 96 valence electrons. The normalized spacial score (nSPS) is 11.8. The number of nitrogens with zero attached hydrogens (tertiary/aromatic N) is 2. The fourth-order valence-corrected chi connectivity index (χ4v) is 1.70. The second-order valence-electron chi connectivity index (χ2n) is 3.95. The van der Waals surface area contributed by atoms with E-state index in [4.69, 9.17) is 0 Å². The van der Waals surface area contributed by atoms with Gasteiger partial charge in [-0.3, -0.25) is 4.68 Å². The smallest absolute Gasteiger partial charge is 0.263 e. The molecule has 0 bridgehead atoms. The van der Waals surface area contributed by atoms with Crippen LogP contribution in [0.15, 0.2) is 30.5 Å². The lowest BCUT2D eigenvalue weighted by Gasteiger charge is -2.05. The maximum Gasteiger partial charge on any atom is 0.408 e. The molecule has 0 saturated carbocycles. The molecule has 1 aromatic heterocycles. The number of benzene rings is 1. The van der Waals surface area contributed by atoms with Crippen molar-refractivity contribution in [2.45, 2.75) is 19.6 Å². The third kappa shape index (κ3) is 2.88. The summed E-state index contributed by atoms with van der Waals surface area (Å²) >= 11 is 0. The number of aromatic nitrogens is 2. The number of aryl methyl sites for hydroxylation is 1. The number of hydrogen-bond acceptors (Lipinski definition) is 1. The minimum atomic E-state index is -4.31. The van der Waals surface area contributed by atoms with Gasteiger partial charge in [0.2, 0.25) is 0 Å². The van der Waals surface area contributed by atoms with E-state index in [2.05, 4.69) is 5.10 Å². The van der Waals surface area contributed by atoms with Gasteiger partial charge in [0.15, 0.2) is 0 Å². The summed E-state index contributed by atoms with van der Waals surface area (Å²) in [4.78, 5) is 0. The fourth-order valence-electron chi connectivity index (χ4n) is 1.70. The van der Waals surface area contributed by atoms with Gasteiger partial charge in [0.1, 0.15) is 12.4 Å². The number of hydrogen-bond donors (Lipinski definition) is 0. The Kier molecular flexibility index (Phi) is 3.11. The summed E-state index contributed by atoms with van der Waals surface area (Å²) in [5.74, 6) is -0.390. The summed E-state index contributed by atoms with van der Waals surface area (Å²) in [6, 6.07) is 5.54. The molecule has 1 aromatic carbocycles. The minimum Gasteiger partial charge on any atom is -0.263 e. The molecule has 2 rings (SSSR count). The van der Waals surface area contributed by atoms with E-state index < -0.39 is 12.7 Å². The van der Waals surface area contributed by atoms with Gasteiger partial charge in [-0.2, -0.15) is 18.3 Å². The molecule has 0 radical (unpaired) electrons. The molecule has 1 heterocycles. The average molecular weight is 258 g/mol. The van der Waals surface area contributed by atoms with E-state index in [0.717, 1.165) is 4.68 Å². The van der Waals surface area contributed by atoms with Crippen molar-refractivity contribution in [3.8, 4) is 11.1 Å². The molecule has 0 aliphatic carbocycles. The molecule has 0 aliphatic rings. The summed E-state index contributed by atoms with van der Waals surface area (Å²) in [5, 5.41) is 3.80. The Morgan fingerprint density at radius 3 is 2.33 bits per heavy atom. The van der Waals surface area contributed by atoms with Crippen molar-refractivity contribution in [1.29, 1.82) is 0 Å². The van der Waals surface area contributed by atoms with Crippen LogP contribution in [0.3, 0.4) is 0 Å². The van der Waals surface area contributed by atoms with Gasteiger partial charge in [0.05, 0.1) is 5.69 Å². The quantitative estimate of drug-likeness (QED) is 0.753. The van der Waals surface area contributed by atoms with E-state index in [1.807, 2.05) is 0 Å². The molecular weight excluding hydrogens is 248 g/mol. The molecule has 0 aliphatic heterocycles. The van der Waals surface area contributed by atoms with Crippen LogP contribution in [0.5, 0.6) is 0 Å². The number of alkyl halides is 3. The van der Waals surface area contributed by atoms with E-state index >= 15 is 0 Å². The third-order valence-electron chi connectivity index (χ3n) is 2.44. The van der Waals surface area contributed by atoms with Gasteiger partial charge in [0.25, 0.3) is 0 Å². The zero-order valence-electron chi connectivity index (χ0n) is 9.50. The Labute approximate surface area is 101 Å². The van der Waals surface area contributed by atoms with Gasteiger partial charge in [-0.25, -0.2) is 4.39 Å². The standard InChI is InChI=1S/C12H10F4N2/c1-8-11(9-2-4-10(13)5-3-9)6-18(17-8)7-12(14,15)16/h2-6H,7H2,1H3. The van der Waals surface area contributed by atoms with Gasteiger partial charge in [0, 0.05) is 11.8 Å². The fraction of sp³-hybridized carbons (Fsp3) is 0.250. The first-order chi connectivity index (χ1) is 8.35. The van der Waals surface area contributed by atoms with Crippen molar-refractivity contribution < 1.29 is 17.6 Å². The molecule has 6 heteroatoms. The lowest BCUT2D eigenvalue weighted by Crippen LogP contribution is -2.17. The third-order valence-corrected chi connectivity index (χ3v) is 2.44. The van der Waals surface area contributed by atoms with Crippen molar-refractivity contribution in [3.05, 3.63) is 42.0 Å². The highest BCUT2D eigenvalue weighted by molar-refractivity contribution is 5.64. The second kappa shape index (κ2) is 4.44. The first kappa shape index (κ1) is 12.6. The van der Waals surface area contributed by atoms with Gasteiger partial charge >= 0.3 is 6.18 Å². The highest BCUT2D eigenvalue weighted by atomic mass is 19.4. The second-order valence-corrected chi connectivity index (χ2v) is 3.95. The molecule has 18 heavy (non-hydrogen) atoms. The highest BCUT2D eigenvalue weighted by Gasteiger charge is 2.28. The van der Waals surface area contributed by atoms with Crippen LogP contribution in [0.1, 0.15) is 5.69 Å². The average Bonchev–Trinajstić information content (AvgIpc) is 2.58. The van der Waals surface area contributed by atoms with Crippen LogP contribution in [0.25, 0.3) is 11.1 Å². The molecule has 2 nitrogen and oxygen atoms in total. The first-order valence-electron chi connectivity index (χ1n) is 5.22. The summed E-state index contributed by atoms with van der Waals surface area (Å²) in [6.45, 7) is 0.487. The van der Waals surface area contributed by atoms with E-state index in [-0.39, 0.29) is 5.82 Å². The molecule has 0 atom stereocenters. The molecular formula is C12H10F4N2. The minimum absolute atomic E-state index is 0.390. The SMILES string of the molecule is Cc1nn(CC(F)(F)F)cc1-c1ccc(F)cc1. The van der Waals surface area contributed by atoms with Crippen molar-refractivity contribution in [2.75, 3.05) is 0 Å². The van der Waals surface area contributed by atoms with Gasteiger partial charge < -0.3 is 0 Å². The lowest BCUT2D eigenvalue weighted by molar-refractivity contribution is -0.142. The van der Waals surface area contributed by atoms with Crippen LogP contribution in [-0.4, -0.2) is 16.0 Å². The maximum absolute atomic E-state index is 12.8. The van der Waals surface area contributed by atoms with Crippen molar-refractivity contribution in [2.24, 2.45) is 0 Å². The van der Waals surface area contributed by atoms with Crippen molar-refractivity contribution in [1.82, 2.24) is 9.78 Å². The highest BCUT2D eigenvalue weighted by Crippen LogP contribution is 2.24. The van der Waals surface area contributed by atoms with Crippen LogP contribution in [-0.2, 0) is 6.54 Å². The van der Waals surface area contributed by atoms with Crippen LogP contribution in [0.4, 0.5) is 17.6 Å². The summed E-state index contributed by atoms with van der Waals surface area (Å²) in [5.41, 5.74) is 1.69. The predicted molar refractivity (Wildman–Crippen MR) is 58.4 cm³/mol. The van der Waals surface area contributed by atoms with E-state index in [1.54, 1.807) is 6.92 Å². The number of rotatable bonds is 2. The Balaban J connectivity index is 2.32. The molecule has 0 fully saturated rings. The summed E-state index contributed by atoms with van der Waals surface area (Å²) in [7, 11) is 0. The van der Waals surface area contributed by atoms with Crippen LogP contribution < -0.4 is 0 Å². The Hall–Kier alpha value is -1.85. The molecule has 0 amide bonds. The van der Waals surface area contributed by atoms with Crippen LogP contribution in [0.2, 0.25) is 0 Å². The molecule has 0 unspecified atom stereocenters. The van der Waals surface area contributed by atoms with Crippen LogP contribution >= 0.6 is 0 Å². The zero-order chi connectivity index (χ0) is 13.3. The van der Waals surface area contributed by atoms with E-state index in [1.165, 1.54) is 30.5 Å². The zero-order valence-corrected chi connectivity index (χ0v) is 9.50. The van der Waals surface area contributed by atoms with Crippen molar-refractivity contribution in [3.63, 3.8) is 0 Å². The Bertz CT molecular complexity index is 540.